The van der Waals surface area contributed by atoms with Crippen molar-refractivity contribution >= 4 is 23.3 Å². The number of anilines is 1. The van der Waals surface area contributed by atoms with Gasteiger partial charge in [-0.2, -0.15) is 0 Å². The number of aryl methyl sites for hydroxylation is 1. The van der Waals surface area contributed by atoms with Gasteiger partial charge in [-0.15, -0.1) is 0 Å². The van der Waals surface area contributed by atoms with Gasteiger partial charge in [0, 0.05) is 11.6 Å². The van der Waals surface area contributed by atoms with Crippen LogP contribution in [-0.4, -0.2) is 18.2 Å². The number of hydrogen-bond acceptors (Lipinski definition) is 3. The molecule has 0 heterocycles. The molecule has 0 saturated heterocycles. The molecule has 0 radical (unpaired) electrons. The molecule has 5 heteroatoms. The second-order valence-corrected chi connectivity index (χ2v) is 5.08. The van der Waals surface area contributed by atoms with E-state index in [0.717, 1.165) is 11.1 Å². The number of nitrogens with one attached hydrogen (secondary N) is 1. The summed E-state index contributed by atoms with van der Waals surface area (Å²) >= 11 is 5.93. The smallest absolute Gasteiger partial charge is 0.335 e. The van der Waals surface area contributed by atoms with Crippen LogP contribution in [0.2, 0.25) is 5.02 Å². The number of rotatable bonds is 5. The van der Waals surface area contributed by atoms with Crippen LogP contribution in [0, 0.1) is 6.92 Å². The Morgan fingerprint density at radius 1 is 1.29 bits per heavy atom. The van der Waals surface area contributed by atoms with Crippen LogP contribution in [-0.2, 0) is 6.54 Å². The minimum atomic E-state index is -0.969. The van der Waals surface area contributed by atoms with Crippen LogP contribution in [0.5, 0.6) is 5.75 Å². The highest BCUT2D eigenvalue weighted by atomic mass is 35.5. The highest BCUT2D eigenvalue weighted by Crippen LogP contribution is 2.26. The number of methoxy groups -OCH3 is 1. The Hall–Kier alpha value is -2.20. The Labute approximate surface area is 128 Å². The van der Waals surface area contributed by atoms with E-state index in [1.807, 2.05) is 25.1 Å². The Bertz CT molecular complexity index is 671. The van der Waals surface area contributed by atoms with E-state index in [0.29, 0.717) is 23.0 Å². The highest BCUT2D eigenvalue weighted by Gasteiger charge is 2.09. The second-order valence-electron chi connectivity index (χ2n) is 4.64. The lowest BCUT2D eigenvalue weighted by Gasteiger charge is -2.13. The number of carboxylic acids is 1. The summed E-state index contributed by atoms with van der Waals surface area (Å²) in [4.78, 5) is 11.0. The monoisotopic (exact) mass is 305 g/mol. The first-order valence-corrected chi connectivity index (χ1v) is 6.79. The van der Waals surface area contributed by atoms with Crippen LogP contribution >= 0.6 is 11.6 Å². The summed E-state index contributed by atoms with van der Waals surface area (Å²) in [7, 11) is 1.55. The van der Waals surface area contributed by atoms with Gasteiger partial charge in [-0.05, 0) is 48.4 Å². The zero-order chi connectivity index (χ0) is 15.4. The average Bonchev–Trinajstić information content (AvgIpc) is 2.46. The molecule has 2 N–H and O–H groups in total. The zero-order valence-electron chi connectivity index (χ0n) is 11.8. The molecule has 4 nitrogen and oxygen atoms in total. The van der Waals surface area contributed by atoms with E-state index in [2.05, 4.69) is 5.32 Å². The van der Waals surface area contributed by atoms with Crippen molar-refractivity contribution in [1.82, 2.24) is 0 Å². The van der Waals surface area contributed by atoms with Crippen molar-refractivity contribution in [3.63, 3.8) is 0 Å². The van der Waals surface area contributed by atoms with E-state index in [1.165, 1.54) is 6.07 Å². The van der Waals surface area contributed by atoms with Crippen LogP contribution in [0.1, 0.15) is 21.5 Å². The van der Waals surface area contributed by atoms with Gasteiger partial charge in [-0.1, -0.05) is 17.7 Å². The molecule has 110 valence electrons. The SMILES string of the molecule is COc1ccc(C(=O)O)cc1NCc1ccc(Cl)cc1C. The number of ether oxygens (including phenoxy) is 1. The van der Waals surface area contributed by atoms with Crippen molar-refractivity contribution in [2.75, 3.05) is 12.4 Å². The van der Waals surface area contributed by atoms with Gasteiger partial charge in [0.25, 0.3) is 0 Å². The number of halogens is 1. The number of aromatic carboxylic acids is 1. The predicted octanol–water partition coefficient (Wildman–Crippen LogP) is 3.97. The third-order valence-electron chi connectivity index (χ3n) is 3.22. The second kappa shape index (κ2) is 6.50. The number of hydrogen-bond donors (Lipinski definition) is 2. The maximum Gasteiger partial charge on any atom is 0.335 e. The van der Waals surface area contributed by atoms with Gasteiger partial charge in [0.05, 0.1) is 18.4 Å². The summed E-state index contributed by atoms with van der Waals surface area (Å²) in [6, 6.07) is 10.4. The third-order valence-corrected chi connectivity index (χ3v) is 3.46. The van der Waals surface area contributed by atoms with Crippen LogP contribution in [0.25, 0.3) is 0 Å². The van der Waals surface area contributed by atoms with Crippen LogP contribution in [0.4, 0.5) is 5.69 Å². The van der Waals surface area contributed by atoms with Gasteiger partial charge >= 0.3 is 5.97 Å². The summed E-state index contributed by atoms with van der Waals surface area (Å²) in [6.07, 6.45) is 0. The Morgan fingerprint density at radius 3 is 2.67 bits per heavy atom. The molecule has 0 bridgehead atoms. The summed E-state index contributed by atoms with van der Waals surface area (Å²) in [5.41, 5.74) is 3.02. The molecule has 0 aromatic heterocycles. The average molecular weight is 306 g/mol. The highest BCUT2D eigenvalue weighted by molar-refractivity contribution is 6.30. The molecule has 21 heavy (non-hydrogen) atoms. The minimum absolute atomic E-state index is 0.214. The molecule has 0 saturated carbocycles. The van der Waals surface area contributed by atoms with Gasteiger partial charge in [-0.25, -0.2) is 4.79 Å². The fourth-order valence-corrected chi connectivity index (χ4v) is 2.25. The molecule has 0 aliphatic rings. The van der Waals surface area contributed by atoms with Gasteiger partial charge in [0.1, 0.15) is 5.75 Å². The lowest BCUT2D eigenvalue weighted by atomic mass is 10.1. The van der Waals surface area contributed by atoms with Crippen molar-refractivity contribution in [2.45, 2.75) is 13.5 Å². The normalized spacial score (nSPS) is 10.2. The van der Waals surface area contributed by atoms with Gasteiger partial charge < -0.3 is 15.2 Å². The maximum absolute atomic E-state index is 11.0. The van der Waals surface area contributed by atoms with Crippen molar-refractivity contribution in [3.05, 3.63) is 58.1 Å². The molecular formula is C16H16ClNO3. The summed E-state index contributed by atoms with van der Waals surface area (Å²) in [5, 5.41) is 13.0. The molecule has 2 aromatic carbocycles. The molecule has 0 amide bonds. The third kappa shape index (κ3) is 3.67. The van der Waals surface area contributed by atoms with E-state index in [4.69, 9.17) is 21.4 Å². The molecule has 0 atom stereocenters. The van der Waals surface area contributed by atoms with Crippen molar-refractivity contribution in [3.8, 4) is 5.75 Å². The van der Waals surface area contributed by atoms with Crippen LogP contribution < -0.4 is 10.1 Å². The lowest BCUT2D eigenvalue weighted by molar-refractivity contribution is 0.0697. The first-order valence-electron chi connectivity index (χ1n) is 6.41. The summed E-state index contributed by atoms with van der Waals surface area (Å²) < 4.78 is 5.24. The van der Waals surface area contributed by atoms with Gasteiger partial charge in [0.15, 0.2) is 0 Å². The molecule has 0 fully saturated rings. The van der Waals surface area contributed by atoms with Gasteiger partial charge in [-0.3, -0.25) is 0 Å². The van der Waals surface area contributed by atoms with Crippen molar-refractivity contribution in [2.24, 2.45) is 0 Å². The molecule has 0 aliphatic heterocycles. The van der Waals surface area contributed by atoms with E-state index >= 15 is 0 Å². The number of benzene rings is 2. The fraction of sp³-hybridized carbons (Fsp3) is 0.188. The van der Waals surface area contributed by atoms with E-state index in [9.17, 15) is 4.79 Å². The van der Waals surface area contributed by atoms with Crippen LogP contribution in [0.15, 0.2) is 36.4 Å². The largest absolute Gasteiger partial charge is 0.495 e. The number of carboxylic acid groups (broad SMARTS) is 1. The maximum atomic E-state index is 11.0. The van der Waals surface area contributed by atoms with Gasteiger partial charge in [0.2, 0.25) is 0 Å². The number of carbonyl (C=O) groups is 1. The van der Waals surface area contributed by atoms with Crippen molar-refractivity contribution < 1.29 is 14.6 Å². The van der Waals surface area contributed by atoms with E-state index < -0.39 is 5.97 Å². The zero-order valence-corrected chi connectivity index (χ0v) is 12.6. The first-order chi connectivity index (χ1) is 10.0. The predicted molar refractivity (Wildman–Crippen MR) is 83.5 cm³/mol. The van der Waals surface area contributed by atoms with Crippen LogP contribution in [0.3, 0.4) is 0 Å². The molecule has 0 aliphatic carbocycles. The Kier molecular flexibility index (Phi) is 4.70. The topological polar surface area (TPSA) is 58.6 Å². The molecule has 0 unspecified atom stereocenters. The summed E-state index contributed by atoms with van der Waals surface area (Å²) in [6.45, 7) is 2.54. The minimum Gasteiger partial charge on any atom is -0.495 e. The lowest BCUT2D eigenvalue weighted by Crippen LogP contribution is -2.05. The summed E-state index contributed by atoms with van der Waals surface area (Å²) in [5.74, 6) is -0.366. The molecular weight excluding hydrogens is 290 g/mol. The fourth-order valence-electron chi connectivity index (χ4n) is 2.03. The molecule has 2 aromatic rings. The standard InChI is InChI=1S/C16H16ClNO3/c1-10-7-13(17)5-3-12(10)9-18-14-8-11(16(19)20)4-6-15(14)21-2/h3-8,18H,9H2,1-2H3,(H,19,20). The first kappa shape index (κ1) is 15.2. The van der Waals surface area contributed by atoms with E-state index in [1.54, 1.807) is 19.2 Å². The van der Waals surface area contributed by atoms with Crippen molar-refractivity contribution in [1.29, 1.82) is 0 Å². The molecule has 2 rings (SSSR count). The Morgan fingerprint density at radius 2 is 2.05 bits per heavy atom. The van der Waals surface area contributed by atoms with E-state index in [-0.39, 0.29) is 5.56 Å². The Balaban J connectivity index is 2.22. The molecule has 0 spiro atoms. The quantitative estimate of drug-likeness (QED) is 0.877.